The molecule has 4 aliphatic rings. The summed E-state index contributed by atoms with van der Waals surface area (Å²) in [6.07, 6.45) is -6.18. The van der Waals surface area contributed by atoms with Crippen molar-refractivity contribution in [3.05, 3.63) is 47.0 Å². The molecule has 38 heavy (non-hydrogen) atoms. The molecule has 3 fully saturated rings. The van der Waals surface area contributed by atoms with Gasteiger partial charge in [-0.3, -0.25) is 9.59 Å². The lowest BCUT2D eigenvalue weighted by Gasteiger charge is -2.67. The molecule has 0 spiro atoms. The highest BCUT2D eigenvalue weighted by atomic mass is 16.6. The first-order chi connectivity index (χ1) is 17.7. The zero-order chi connectivity index (χ0) is 27.8. The quantitative estimate of drug-likeness (QED) is 0.336. The zero-order valence-electron chi connectivity index (χ0n) is 22.5. The first kappa shape index (κ1) is 27.4. The van der Waals surface area contributed by atoms with Crippen LogP contribution in [0.2, 0.25) is 0 Å². The Morgan fingerprint density at radius 1 is 1.13 bits per heavy atom. The van der Waals surface area contributed by atoms with Crippen molar-refractivity contribution < 1.29 is 44.2 Å². The second-order valence-corrected chi connectivity index (χ2v) is 12.2. The number of hydrogen-bond donors (Lipinski definition) is 4. The maximum absolute atomic E-state index is 14.3. The van der Waals surface area contributed by atoms with Gasteiger partial charge in [0.25, 0.3) is 0 Å². The van der Waals surface area contributed by atoms with Gasteiger partial charge in [0.1, 0.15) is 17.8 Å². The number of aliphatic hydroxyl groups excluding tert-OH is 3. The highest BCUT2D eigenvalue weighted by Crippen LogP contribution is 2.63. The number of Topliss-reactive ketones (excluding diaryl/α,β-unsaturated/α-hetero) is 1. The number of ketones is 1. The Morgan fingerprint density at radius 3 is 2.37 bits per heavy atom. The topological polar surface area (TPSA) is 143 Å². The highest BCUT2D eigenvalue weighted by molar-refractivity contribution is 5.93. The van der Waals surface area contributed by atoms with Crippen LogP contribution in [0.15, 0.2) is 41.5 Å². The van der Waals surface area contributed by atoms with E-state index in [-0.39, 0.29) is 31.6 Å². The molecule has 0 amide bonds. The minimum Gasteiger partial charge on any atom is -0.454 e. The van der Waals surface area contributed by atoms with Crippen molar-refractivity contribution in [3.63, 3.8) is 0 Å². The molecule has 9 nitrogen and oxygen atoms in total. The average molecular weight is 531 g/mol. The minimum atomic E-state index is -1.83. The van der Waals surface area contributed by atoms with Crippen LogP contribution in [0.4, 0.5) is 0 Å². The fourth-order valence-electron chi connectivity index (χ4n) is 7.73. The number of hydrogen-bond acceptors (Lipinski definition) is 9. The molecule has 1 heterocycles. The van der Waals surface area contributed by atoms with Crippen LogP contribution in [0, 0.1) is 16.7 Å². The number of benzene rings is 1. The summed E-state index contributed by atoms with van der Waals surface area (Å²) in [5.41, 5.74) is -4.67. The van der Waals surface area contributed by atoms with Gasteiger partial charge in [0.15, 0.2) is 11.4 Å². The summed E-state index contributed by atoms with van der Waals surface area (Å²) in [7, 11) is 0. The minimum absolute atomic E-state index is 0.00657. The van der Waals surface area contributed by atoms with E-state index < -0.39 is 70.2 Å². The second kappa shape index (κ2) is 8.94. The van der Waals surface area contributed by atoms with Crippen LogP contribution in [0.1, 0.15) is 53.0 Å². The fourth-order valence-corrected chi connectivity index (χ4v) is 7.73. The van der Waals surface area contributed by atoms with Crippen molar-refractivity contribution in [2.45, 2.75) is 95.8 Å². The lowest BCUT2D eigenvalue weighted by atomic mass is 9.44. The molecule has 9 atom stereocenters. The van der Waals surface area contributed by atoms with E-state index in [1.54, 1.807) is 27.7 Å². The van der Waals surface area contributed by atoms with Gasteiger partial charge in [-0.25, -0.2) is 0 Å². The van der Waals surface area contributed by atoms with Crippen LogP contribution < -0.4 is 0 Å². The van der Waals surface area contributed by atoms with E-state index in [4.69, 9.17) is 14.2 Å². The van der Waals surface area contributed by atoms with Crippen molar-refractivity contribution in [1.82, 2.24) is 0 Å². The summed E-state index contributed by atoms with van der Waals surface area (Å²) in [5.74, 6) is -2.36. The van der Waals surface area contributed by atoms with E-state index in [1.165, 1.54) is 6.92 Å². The Balaban J connectivity index is 1.78. The van der Waals surface area contributed by atoms with E-state index in [9.17, 15) is 30.0 Å². The van der Waals surface area contributed by atoms with Crippen molar-refractivity contribution >= 4 is 11.8 Å². The van der Waals surface area contributed by atoms with E-state index in [0.29, 0.717) is 5.57 Å². The second-order valence-electron chi connectivity index (χ2n) is 12.2. The van der Waals surface area contributed by atoms with Gasteiger partial charge in [-0.15, -0.1) is 0 Å². The van der Waals surface area contributed by atoms with Crippen LogP contribution in [-0.4, -0.2) is 80.5 Å². The summed E-state index contributed by atoms with van der Waals surface area (Å²) in [6.45, 7) is 7.91. The standard InChI is InChI=1S/C29H38O9/c1-15-18(31)12-29(35)25(36-13-17-9-7-6-8-10-17)23-27(5,24(34)22(33)21(15)26(29,3)4)19(32)11-20-28(23,14-37-20)38-16(2)30/h6-10,18-20,22-23,25,31-33,35H,11-14H2,1-5H3/t18-,19-,20-,22+,23?,25-,27-,28-,29+/m0/s1. The monoisotopic (exact) mass is 530 g/mol. The number of ether oxygens (including phenoxy) is 3. The van der Waals surface area contributed by atoms with Gasteiger partial charge >= 0.3 is 5.97 Å². The van der Waals surface area contributed by atoms with E-state index in [1.807, 2.05) is 30.3 Å². The molecule has 3 aliphatic carbocycles. The van der Waals surface area contributed by atoms with Crippen LogP contribution in [-0.2, 0) is 30.4 Å². The first-order valence-electron chi connectivity index (χ1n) is 13.2. The van der Waals surface area contributed by atoms with Gasteiger partial charge in [-0.2, -0.15) is 0 Å². The van der Waals surface area contributed by atoms with Gasteiger partial charge in [-0.05, 0) is 30.6 Å². The highest BCUT2D eigenvalue weighted by Gasteiger charge is 2.77. The molecule has 1 aromatic rings. The van der Waals surface area contributed by atoms with Crippen molar-refractivity contribution in [2.75, 3.05) is 6.61 Å². The summed E-state index contributed by atoms with van der Waals surface area (Å²) < 4.78 is 18.3. The number of aliphatic hydroxyl groups is 4. The molecule has 4 N–H and O–H groups in total. The SMILES string of the molecule is CC(=O)O[C@@]12CO[C@H]1C[C@H](O)[C@]1(C)C(=O)[C@H](O)C3=C(C)[C@@H](O)C[C@@](O)([C@@H](OCc4ccccc4)C21)C3(C)C. The van der Waals surface area contributed by atoms with Crippen LogP contribution in [0.3, 0.4) is 0 Å². The Hall–Kier alpha value is -2.14. The maximum atomic E-state index is 14.3. The normalized spacial score (nSPS) is 43.8. The fraction of sp³-hybridized carbons (Fsp3) is 0.655. The number of carbonyl (C=O) groups excluding carboxylic acids is 2. The van der Waals surface area contributed by atoms with Crippen LogP contribution in [0.25, 0.3) is 0 Å². The summed E-state index contributed by atoms with van der Waals surface area (Å²) >= 11 is 0. The average Bonchev–Trinajstić information content (AvgIpc) is 2.85. The molecular weight excluding hydrogens is 492 g/mol. The van der Waals surface area contributed by atoms with Gasteiger partial charge < -0.3 is 34.6 Å². The molecule has 5 rings (SSSR count). The summed E-state index contributed by atoms with van der Waals surface area (Å²) in [5, 5.41) is 46.8. The van der Waals surface area contributed by atoms with Crippen LogP contribution in [0.5, 0.6) is 0 Å². The molecule has 0 aromatic heterocycles. The number of carbonyl (C=O) groups is 2. The summed E-state index contributed by atoms with van der Waals surface area (Å²) in [6, 6.07) is 9.31. The van der Waals surface area contributed by atoms with Gasteiger partial charge in [-0.1, -0.05) is 44.2 Å². The Bertz CT molecular complexity index is 1160. The van der Waals surface area contributed by atoms with Crippen LogP contribution >= 0.6 is 0 Å². The third-order valence-corrected chi connectivity index (χ3v) is 9.97. The molecular formula is C29H38O9. The van der Waals surface area contributed by atoms with Gasteiger partial charge in [0.2, 0.25) is 0 Å². The summed E-state index contributed by atoms with van der Waals surface area (Å²) in [4.78, 5) is 26.7. The molecule has 1 aliphatic heterocycles. The van der Waals surface area contributed by atoms with Crippen molar-refractivity contribution in [3.8, 4) is 0 Å². The van der Waals surface area contributed by atoms with Crippen molar-refractivity contribution in [2.24, 2.45) is 16.7 Å². The smallest absolute Gasteiger partial charge is 0.303 e. The van der Waals surface area contributed by atoms with Crippen molar-refractivity contribution in [1.29, 1.82) is 0 Å². The number of rotatable bonds is 4. The maximum Gasteiger partial charge on any atom is 0.303 e. The Labute approximate surface area is 222 Å². The molecule has 1 saturated heterocycles. The predicted molar refractivity (Wildman–Crippen MR) is 135 cm³/mol. The third kappa shape index (κ3) is 3.52. The van der Waals surface area contributed by atoms with Gasteiger partial charge in [0.05, 0.1) is 36.9 Å². The molecule has 9 heteroatoms. The number of fused-ring (bicyclic) bond motifs is 5. The van der Waals surface area contributed by atoms with Gasteiger partial charge in [0, 0.05) is 31.1 Å². The third-order valence-electron chi connectivity index (χ3n) is 9.97. The zero-order valence-corrected chi connectivity index (χ0v) is 22.5. The van der Waals surface area contributed by atoms with E-state index in [2.05, 4.69) is 0 Å². The number of esters is 1. The molecule has 208 valence electrons. The molecule has 1 aromatic carbocycles. The largest absolute Gasteiger partial charge is 0.454 e. The Kier molecular flexibility index (Phi) is 6.45. The van der Waals surface area contributed by atoms with E-state index >= 15 is 0 Å². The lowest BCUT2D eigenvalue weighted by molar-refractivity contribution is -0.351. The predicted octanol–water partition coefficient (Wildman–Crippen LogP) is 1.44. The lowest BCUT2D eigenvalue weighted by Crippen LogP contribution is -2.81. The van der Waals surface area contributed by atoms with E-state index in [0.717, 1.165) is 5.56 Å². The Morgan fingerprint density at radius 2 is 1.79 bits per heavy atom. The molecule has 2 bridgehead atoms. The molecule has 1 unspecified atom stereocenters. The molecule has 0 radical (unpaired) electrons. The first-order valence-corrected chi connectivity index (χ1v) is 13.2. The molecule has 2 saturated carbocycles.